The first kappa shape index (κ1) is 32.3. The number of allylic oxidation sites excluding steroid dienone is 1. The summed E-state index contributed by atoms with van der Waals surface area (Å²) in [6.07, 6.45) is 9.40. The Labute approximate surface area is 271 Å². The number of halogens is 1. The van der Waals surface area contributed by atoms with Crippen molar-refractivity contribution < 1.29 is 18.9 Å². The molecule has 0 fully saturated rings. The van der Waals surface area contributed by atoms with Crippen LogP contribution in [0.15, 0.2) is 89.7 Å². The topological polar surface area (TPSA) is 145 Å². The second-order valence-corrected chi connectivity index (χ2v) is 11.9. The summed E-state index contributed by atoms with van der Waals surface area (Å²) in [5.41, 5.74) is 4.22. The number of likely N-dealkylation sites (N-methyl/N-ethyl adjacent to an activating group) is 1. The Morgan fingerprint density at radius 1 is 1.13 bits per heavy atom. The highest BCUT2D eigenvalue weighted by Crippen LogP contribution is 2.31. The molecule has 1 aliphatic heterocycles. The van der Waals surface area contributed by atoms with Gasteiger partial charge in [-0.2, -0.15) is 0 Å². The molecular formula is C33H34ClN8O4+. The number of pyridine rings is 2. The summed E-state index contributed by atoms with van der Waals surface area (Å²) in [7, 11) is 3.94. The Bertz CT molecular complexity index is 1860. The molecule has 0 saturated carbocycles. The zero-order chi connectivity index (χ0) is 32.7. The van der Waals surface area contributed by atoms with Crippen LogP contribution in [-0.2, 0) is 17.8 Å². The monoisotopic (exact) mass is 641 g/mol. The Balaban J connectivity index is 1.21. The van der Waals surface area contributed by atoms with Crippen molar-refractivity contribution in [2.24, 2.45) is 4.99 Å². The molecule has 1 aliphatic rings. The minimum absolute atomic E-state index is 0.0472. The van der Waals surface area contributed by atoms with Crippen LogP contribution in [0.25, 0.3) is 10.9 Å². The van der Waals surface area contributed by atoms with Crippen molar-refractivity contribution in [3.63, 3.8) is 0 Å². The second kappa shape index (κ2) is 14.4. The third-order valence-electron chi connectivity index (χ3n) is 7.33. The van der Waals surface area contributed by atoms with E-state index in [-0.39, 0.29) is 18.0 Å². The number of fused-ring (bicyclic) bond motifs is 1. The molecule has 0 aliphatic carbocycles. The fourth-order valence-electron chi connectivity index (χ4n) is 5.05. The molecular weight excluding hydrogens is 608 g/mol. The molecule has 0 radical (unpaired) electrons. The smallest absolute Gasteiger partial charge is 0.368 e. The highest BCUT2D eigenvalue weighted by molar-refractivity contribution is 6.32. The van der Waals surface area contributed by atoms with Crippen molar-refractivity contribution in [2.45, 2.75) is 32.8 Å². The highest BCUT2D eigenvalue weighted by Gasteiger charge is 2.32. The van der Waals surface area contributed by atoms with Crippen LogP contribution in [0.2, 0.25) is 5.02 Å². The molecule has 0 bridgehead atoms. The van der Waals surface area contributed by atoms with Gasteiger partial charge in [-0.25, -0.2) is 9.97 Å². The third-order valence-corrected chi connectivity index (χ3v) is 7.63. The molecule has 236 valence electrons. The summed E-state index contributed by atoms with van der Waals surface area (Å²) in [6, 6.07) is 12.8. The number of aromatic nitrogens is 4. The molecule has 13 heteroatoms. The van der Waals surface area contributed by atoms with Crippen molar-refractivity contribution in [2.75, 3.05) is 32.5 Å². The van der Waals surface area contributed by atoms with Gasteiger partial charge in [0.25, 0.3) is 0 Å². The third kappa shape index (κ3) is 8.34. The zero-order valence-electron chi connectivity index (χ0n) is 25.8. The number of hydrogen-bond acceptors (Lipinski definition) is 10. The number of ketones is 1. The van der Waals surface area contributed by atoms with Gasteiger partial charge in [0.15, 0.2) is 5.78 Å². The average molecular weight is 642 g/mol. The summed E-state index contributed by atoms with van der Waals surface area (Å²) in [5.74, 6) is 0.907. The lowest BCUT2D eigenvalue weighted by molar-refractivity contribution is -0.880. The summed E-state index contributed by atoms with van der Waals surface area (Å²) < 4.78 is 6.27. The molecule has 12 nitrogen and oxygen atoms in total. The lowest BCUT2D eigenvalue weighted by Crippen LogP contribution is -2.41. The number of nitrogens with zero attached hydrogens (tertiary/aromatic N) is 7. The van der Waals surface area contributed by atoms with Crippen LogP contribution in [0.1, 0.15) is 31.2 Å². The van der Waals surface area contributed by atoms with Crippen molar-refractivity contribution in [1.29, 1.82) is 0 Å². The number of rotatable bonds is 14. The zero-order valence-corrected chi connectivity index (χ0v) is 26.6. The number of quaternary nitrogens is 1. The Hall–Kier alpha value is -5.07. The molecule has 0 unspecified atom stereocenters. The van der Waals surface area contributed by atoms with Gasteiger partial charge in [-0.05, 0) is 58.5 Å². The molecule has 5 rings (SSSR count). The molecule has 0 amide bonds. The normalized spacial score (nSPS) is 13.3. The van der Waals surface area contributed by atoms with Gasteiger partial charge in [-0.1, -0.05) is 24.6 Å². The van der Waals surface area contributed by atoms with Gasteiger partial charge in [0.05, 0.1) is 55.1 Å². The number of nitrogens with one attached hydrogen (secondary N) is 1. The number of anilines is 2. The predicted molar refractivity (Wildman–Crippen MR) is 177 cm³/mol. The first-order chi connectivity index (χ1) is 22.1. The SMILES string of the molecule is CCC1=NC([N+](=O)[O-])=C(C[N+](C)(C)C/C=C/C(=O)Cc2cc3c(Nc4ccc(OCc5ccccn5)c(Cl)c4)ncnc3cn2)C1. The van der Waals surface area contributed by atoms with Gasteiger partial charge in [-0.15, -0.1) is 0 Å². The Kier molecular flexibility index (Phi) is 10.1. The molecule has 0 saturated heterocycles. The maximum absolute atomic E-state index is 12.9. The molecule has 1 N–H and O–H groups in total. The minimum atomic E-state index is -0.411. The van der Waals surface area contributed by atoms with Crippen molar-refractivity contribution in [3.8, 4) is 5.75 Å². The number of benzene rings is 1. The van der Waals surface area contributed by atoms with Crippen LogP contribution in [0, 0.1) is 10.1 Å². The molecule has 0 spiro atoms. The first-order valence-corrected chi connectivity index (χ1v) is 15.1. The summed E-state index contributed by atoms with van der Waals surface area (Å²) in [5, 5.41) is 15.9. The number of nitro groups is 1. The molecule has 3 aromatic heterocycles. The van der Waals surface area contributed by atoms with Gasteiger partial charge in [-0.3, -0.25) is 14.8 Å². The molecule has 0 atom stereocenters. The van der Waals surface area contributed by atoms with E-state index in [0.717, 1.165) is 11.4 Å². The van der Waals surface area contributed by atoms with Gasteiger partial charge >= 0.3 is 5.82 Å². The number of hydrogen-bond donors (Lipinski definition) is 1. The van der Waals surface area contributed by atoms with Gasteiger partial charge in [0, 0.05) is 35.8 Å². The number of carbonyl (C=O) groups excluding carboxylic acids is 1. The molecule has 1 aromatic carbocycles. The maximum Gasteiger partial charge on any atom is 0.368 e. The lowest BCUT2D eigenvalue weighted by atomic mass is 10.1. The van der Waals surface area contributed by atoms with Crippen LogP contribution in [-0.4, -0.2) is 68.0 Å². The van der Waals surface area contributed by atoms with Crippen molar-refractivity contribution in [1.82, 2.24) is 19.9 Å². The van der Waals surface area contributed by atoms with E-state index in [1.807, 2.05) is 45.3 Å². The van der Waals surface area contributed by atoms with Crippen LogP contribution < -0.4 is 10.1 Å². The van der Waals surface area contributed by atoms with Crippen molar-refractivity contribution in [3.05, 3.63) is 111 Å². The van der Waals surface area contributed by atoms with E-state index in [1.165, 1.54) is 12.4 Å². The molecule has 4 heterocycles. The van der Waals surface area contributed by atoms with E-state index < -0.39 is 4.92 Å². The fourth-order valence-corrected chi connectivity index (χ4v) is 5.28. The Morgan fingerprint density at radius 3 is 2.72 bits per heavy atom. The van der Waals surface area contributed by atoms with Gasteiger partial charge in [0.2, 0.25) is 0 Å². The summed E-state index contributed by atoms with van der Waals surface area (Å²) in [6.45, 7) is 3.22. The van der Waals surface area contributed by atoms with E-state index in [9.17, 15) is 14.9 Å². The van der Waals surface area contributed by atoms with Crippen LogP contribution in [0.4, 0.5) is 11.5 Å². The fraction of sp³-hybridized carbons (Fsp3) is 0.273. The van der Waals surface area contributed by atoms with Crippen LogP contribution in [0.5, 0.6) is 5.75 Å². The highest BCUT2D eigenvalue weighted by atomic mass is 35.5. The van der Waals surface area contributed by atoms with Gasteiger partial charge in [0.1, 0.15) is 36.8 Å². The quantitative estimate of drug-likeness (QED) is 0.0771. The second-order valence-electron chi connectivity index (χ2n) is 11.5. The van der Waals surface area contributed by atoms with E-state index in [2.05, 4.69) is 30.2 Å². The van der Waals surface area contributed by atoms with Gasteiger partial charge < -0.3 is 24.7 Å². The summed E-state index contributed by atoms with van der Waals surface area (Å²) in [4.78, 5) is 45.5. The standard InChI is InChI=1S/C33H34ClN8O4/c1-4-23-14-22(33(40-23)41(44)45)19-42(2,3)13-7-9-27(43)15-26-16-28-30(18-36-26)37-21-38-32(28)39-24-10-11-31(29(34)17-24)46-20-25-8-5-6-12-35-25/h5-12,16-18,21H,4,13-15,19-20H2,1-3H3,(H,37,38,39)/q+1/b9-7+. The minimum Gasteiger partial charge on any atom is -0.486 e. The van der Waals surface area contributed by atoms with E-state index in [4.69, 9.17) is 16.3 Å². The number of ether oxygens (including phenoxy) is 1. The van der Waals surface area contributed by atoms with E-state index in [1.54, 1.807) is 36.7 Å². The number of aliphatic imine (C=N–C) groups is 1. The average Bonchev–Trinajstić information content (AvgIpc) is 3.44. The van der Waals surface area contributed by atoms with E-state index in [0.29, 0.717) is 81.5 Å². The predicted octanol–water partition coefficient (Wildman–Crippen LogP) is 5.88. The first-order valence-electron chi connectivity index (χ1n) is 14.7. The molecule has 46 heavy (non-hydrogen) atoms. The lowest BCUT2D eigenvalue weighted by Gasteiger charge is -2.28. The Morgan fingerprint density at radius 2 is 1.98 bits per heavy atom. The molecule has 4 aromatic rings. The largest absolute Gasteiger partial charge is 0.486 e. The van der Waals surface area contributed by atoms with Crippen LogP contribution >= 0.6 is 11.6 Å². The number of carbonyl (C=O) groups is 1. The van der Waals surface area contributed by atoms with E-state index >= 15 is 0 Å². The maximum atomic E-state index is 12.9. The van der Waals surface area contributed by atoms with Crippen LogP contribution in [0.3, 0.4) is 0 Å². The summed E-state index contributed by atoms with van der Waals surface area (Å²) >= 11 is 6.50. The van der Waals surface area contributed by atoms with Crippen molar-refractivity contribution >= 4 is 45.5 Å².